The molecule has 3 nitrogen and oxygen atoms in total. The predicted molar refractivity (Wildman–Crippen MR) is 48.6 cm³/mol. The second-order valence-electron chi connectivity index (χ2n) is 2.57. The third-order valence-corrected chi connectivity index (χ3v) is 1.62. The fraction of sp³-hybridized carbons (Fsp3) is 0.222. The van der Waals surface area contributed by atoms with Crippen molar-refractivity contribution in [2.45, 2.75) is 13.8 Å². The fourth-order valence-corrected chi connectivity index (χ4v) is 1.04. The second kappa shape index (κ2) is 4.14. The summed E-state index contributed by atoms with van der Waals surface area (Å²) in [5, 5.41) is 0.618. The van der Waals surface area contributed by atoms with Crippen molar-refractivity contribution in [1.29, 1.82) is 0 Å². The standard InChI is InChI=1S/C9H9ClO3/c1-6-5-8(10)3-4-9(6)13-12-7(2)11/h3-5H,1-2H3. The highest BCUT2D eigenvalue weighted by molar-refractivity contribution is 6.30. The smallest absolute Gasteiger partial charge is 0.287 e. The van der Waals surface area contributed by atoms with Crippen LogP contribution in [0.25, 0.3) is 0 Å². The van der Waals surface area contributed by atoms with Gasteiger partial charge in [-0.1, -0.05) is 11.6 Å². The zero-order valence-electron chi connectivity index (χ0n) is 7.33. The topological polar surface area (TPSA) is 35.5 Å². The highest BCUT2D eigenvalue weighted by Gasteiger charge is 2.02. The largest absolute Gasteiger partial charge is 0.352 e. The first-order valence-electron chi connectivity index (χ1n) is 3.71. The molecule has 4 heteroatoms. The van der Waals surface area contributed by atoms with E-state index in [2.05, 4.69) is 4.89 Å². The molecule has 1 rings (SSSR count). The normalized spacial score (nSPS) is 9.46. The molecule has 1 aromatic rings. The minimum Gasteiger partial charge on any atom is -0.287 e. The van der Waals surface area contributed by atoms with E-state index in [-0.39, 0.29) is 0 Å². The maximum absolute atomic E-state index is 10.4. The minimum absolute atomic E-state index is 0.486. The molecule has 0 fully saturated rings. The summed E-state index contributed by atoms with van der Waals surface area (Å²) in [4.78, 5) is 19.5. The molecule has 1 aromatic carbocycles. The number of benzene rings is 1. The fourth-order valence-electron chi connectivity index (χ4n) is 0.810. The van der Waals surface area contributed by atoms with E-state index in [9.17, 15) is 4.79 Å². The molecular weight excluding hydrogens is 192 g/mol. The van der Waals surface area contributed by atoms with Crippen LogP contribution >= 0.6 is 11.6 Å². The molecule has 0 saturated carbocycles. The van der Waals surface area contributed by atoms with Gasteiger partial charge in [0.25, 0.3) is 0 Å². The van der Waals surface area contributed by atoms with Crippen molar-refractivity contribution < 1.29 is 14.6 Å². The summed E-state index contributed by atoms with van der Waals surface area (Å²) in [6.07, 6.45) is 0. The molecule has 0 N–H and O–H groups in total. The van der Waals surface area contributed by atoms with E-state index in [1.807, 2.05) is 6.92 Å². The molecule has 0 heterocycles. The van der Waals surface area contributed by atoms with Gasteiger partial charge in [-0.25, -0.2) is 4.79 Å². The molecule has 0 aliphatic rings. The Morgan fingerprint density at radius 3 is 2.69 bits per heavy atom. The van der Waals surface area contributed by atoms with E-state index in [0.717, 1.165) is 5.56 Å². The van der Waals surface area contributed by atoms with E-state index >= 15 is 0 Å². The number of aryl methyl sites for hydroxylation is 1. The van der Waals surface area contributed by atoms with Crippen molar-refractivity contribution in [2.75, 3.05) is 0 Å². The molecule has 70 valence electrons. The van der Waals surface area contributed by atoms with Gasteiger partial charge in [0.1, 0.15) is 0 Å². The predicted octanol–water partition coefficient (Wildman–Crippen LogP) is 2.51. The van der Waals surface area contributed by atoms with Crippen molar-refractivity contribution in [3.8, 4) is 5.75 Å². The van der Waals surface area contributed by atoms with Crippen molar-refractivity contribution >= 4 is 17.6 Å². The Balaban J connectivity index is 2.72. The molecule has 0 radical (unpaired) electrons. The van der Waals surface area contributed by atoms with E-state index in [1.54, 1.807) is 18.2 Å². The average molecular weight is 201 g/mol. The molecule has 0 amide bonds. The lowest BCUT2D eigenvalue weighted by atomic mass is 10.2. The summed E-state index contributed by atoms with van der Waals surface area (Å²) in [6.45, 7) is 3.08. The van der Waals surface area contributed by atoms with Gasteiger partial charge >= 0.3 is 5.97 Å². The highest BCUT2D eigenvalue weighted by Crippen LogP contribution is 2.21. The van der Waals surface area contributed by atoms with Crippen LogP contribution < -0.4 is 4.89 Å². The Labute approximate surface area is 81.1 Å². The Kier molecular flexibility index (Phi) is 3.14. The van der Waals surface area contributed by atoms with Crippen molar-refractivity contribution in [1.82, 2.24) is 0 Å². The van der Waals surface area contributed by atoms with Crippen LogP contribution in [0.2, 0.25) is 5.02 Å². The Morgan fingerprint density at radius 2 is 2.15 bits per heavy atom. The molecule has 13 heavy (non-hydrogen) atoms. The van der Waals surface area contributed by atoms with Gasteiger partial charge in [-0.2, -0.15) is 0 Å². The third-order valence-electron chi connectivity index (χ3n) is 1.39. The maximum atomic E-state index is 10.4. The first kappa shape index (κ1) is 9.86. The summed E-state index contributed by atoms with van der Waals surface area (Å²) in [5.41, 5.74) is 0.814. The van der Waals surface area contributed by atoms with Gasteiger partial charge < -0.3 is 0 Å². The summed E-state index contributed by atoms with van der Waals surface area (Å²) in [5.74, 6) is -0.00560. The molecule has 0 atom stereocenters. The zero-order chi connectivity index (χ0) is 9.84. The lowest BCUT2D eigenvalue weighted by Gasteiger charge is -2.04. The van der Waals surface area contributed by atoms with Gasteiger partial charge in [-0.3, -0.25) is 9.78 Å². The molecule has 0 unspecified atom stereocenters. The van der Waals surface area contributed by atoms with Crippen LogP contribution in [0.3, 0.4) is 0 Å². The van der Waals surface area contributed by atoms with E-state index in [0.29, 0.717) is 10.8 Å². The highest BCUT2D eigenvalue weighted by atomic mass is 35.5. The van der Waals surface area contributed by atoms with Gasteiger partial charge in [0.05, 0.1) is 0 Å². The summed E-state index contributed by atoms with van der Waals surface area (Å²) in [6, 6.07) is 5.02. The molecule has 0 bridgehead atoms. The molecule has 0 aliphatic carbocycles. The van der Waals surface area contributed by atoms with Gasteiger partial charge in [-0.05, 0) is 30.7 Å². The van der Waals surface area contributed by atoms with Gasteiger partial charge in [0.15, 0.2) is 5.75 Å². The third kappa shape index (κ3) is 2.95. The van der Waals surface area contributed by atoms with E-state index in [1.165, 1.54) is 6.92 Å². The lowest BCUT2D eigenvalue weighted by molar-refractivity contribution is -0.211. The Morgan fingerprint density at radius 1 is 1.46 bits per heavy atom. The van der Waals surface area contributed by atoms with Crippen molar-refractivity contribution in [2.24, 2.45) is 0 Å². The monoisotopic (exact) mass is 200 g/mol. The summed E-state index contributed by atoms with van der Waals surface area (Å²) in [7, 11) is 0. The first-order chi connectivity index (χ1) is 6.09. The van der Waals surface area contributed by atoms with Crippen LogP contribution in [-0.2, 0) is 9.68 Å². The molecule has 0 aromatic heterocycles. The Hall–Kier alpha value is -1.22. The number of hydrogen-bond donors (Lipinski definition) is 0. The van der Waals surface area contributed by atoms with Crippen LogP contribution in [0.15, 0.2) is 18.2 Å². The van der Waals surface area contributed by atoms with E-state index in [4.69, 9.17) is 16.5 Å². The van der Waals surface area contributed by atoms with Crippen LogP contribution in [0.4, 0.5) is 0 Å². The molecule has 0 aliphatic heterocycles. The van der Waals surface area contributed by atoms with Gasteiger partial charge in [0, 0.05) is 11.9 Å². The molecular formula is C9H9ClO3. The maximum Gasteiger partial charge on any atom is 0.352 e. The zero-order valence-corrected chi connectivity index (χ0v) is 8.09. The molecule has 0 spiro atoms. The number of rotatable bonds is 2. The second-order valence-corrected chi connectivity index (χ2v) is 3.00. The number of hydrogen-bond acceptors (Lipinski definition) is 3. The SMILES string of the molecule is CC(=O)OOc1ccc(Cl)cc1C. The van der Waals surface area contributed by atoms with Crippen molar-refractivity contribution in [3.63, 3.8) is 0 Å². The number of carbonyl (C=O) groups is 1. The summed E-state index contributed by atoms with van der Waals surface area (Å²) >= 11 is 5.72. The minimum atomic E-state index is -0.491. The van der Waals surface area contributed by atoms with Gasteiger partial charge in [-0.15, -0.1) is 0 Å². The number of halogens is 1. The summed E-state index contributed by atoms with van der Waals surface area (Å²) < 4.78 is 0. The lowest BCUT2D eigenvalue weighted by Crippen LogP contribution is -2.03. The first-order valence-corrected chi connectivity index (χ1v) is 4.08. The van der Waals surface area contributed by atoms with Gasteiger partial charge in [0.2, 0.25) is 0 Å². The van der Waals surface area contributed by atoms with Crippen LogP contribution in [-0.4, -0.2) is 5.97 Å². The van der Waals surface area contributed by atoms with Crippen LogP contribution in [0.5, 0.6) is 5.75 Å². The molecule has 0 saturated heterocycles. The van der Waals surface area contributed by atoms with Crippen LogP contribution in [0.1, 0.15) is 12.5 Å². The number of carbonyl (C=O) groups excluding carboxylic acids is 1. The van der Waals surface area contributed by atoms with Crippen LogP contribution in [0, 0.1) is 6.92 Å². The van der Waals surface area contributed by atoms with E-state index < -0.39 is 5.97 Å². The average Bonchev–Trinajstić information content (AvgIpc) is 2.02. The quantitative estimate of drug-likeness (QED) is 0.544. The van der Waals surface area contributed by atoms with Crippen molar-refractivity contribution in [3.05, 3.63) is 28.8 Å². The Bertz CT molecular complexity index is 323.